The Hall–Kier alpha value is 0.0569. The second kappa shape index (κ2) is 12.5. The van der Waals surface area contributed by atoms with Gasteiger partial charge >= 0.3 is 8.80 Å². The molecule has 0 bridgehead atoms. The maximum Gasteiger partial charge on any atom is 0.500 e. The Morgan fingerprint density at radius 1 is 0.773 bits per heavy atom. The van der Waals surface area contributed by atoms with Gasteiger partial charge in [0.25, 0.3) is 0 Å². The summed E-state index contributed by atoms with van der Waals surface area (Å²) in [5.41, 5.74) is 0. The van der Waals surface area contributed by atoms with Crippen LogP contribution in [-0.2, 0) is 13.3 Å². The standard InChI is InChI=1S/C17H37NO3Si/c1-19-22(20-2,21-3)16-12-7-5-4-6-11-15-18-17-13-9-8-10-14-17/h17-18H,4-16H2,1-3H3. The minimum absolute atomic E-state index is 0.809. The van der Waals surface area contributed by atoms with Crippen LogP contribution in [0.5, 0.6) is 0 Å². The minimum atomic E-state index is -2.33. The molecule has 0 aliphatic heterocycles. The third-order valence-corrected chi connectivity index (χ3v) is 7.71. The SMILES string of the molecule is CO[Si](CCCCCCCCNC1CCCCC1)(OC)OC. The van der Waals surface area contributed by atoms with Crippen molar-refractivity contribution in [1.29, 1.82) is 0 Å². The van der Waals surface area contributed by atoms with Gasteiger partial charge < -0.3 is 18.6 Å². The molecule has 1 N–H and O–H groups in total. The van der Waals surface area contributed by atoms with Crippen molar-refractivity contribution in [2.24, 2.45) is 0 Å². The van der Waals surface area contributed by atoms with Crippen molar-refractivity contribution in [1.82, 2.24) is 5.32 Å². The summed E-state index contributed by atoms with van der Waals surface area (Å²) in [7, 11) is 2.75. The highest BCUT2D eigenvalue weighted by Gasteiger charge is 2.36. The molecule has 0 spiro atoms. The lowest BCUT2D eigenvalue weighted by Gasteiger charge is -2.24. The molecule has 0 saturated heterocycles. The largest absolute Gasteiger partial charge is 0.500 e. The van der Waals surface area contributed by atoms with Crippen molar-refractivity contribution in [2.75, 3.05) is 27.9 Å². The highest BCUT2D eigenvalue weighted by atomic mass is 28.4. The Morgan fingerprint density at radius 3 is 1.91 bits per heavy atom. The number of hydrogen-bond acceptors (Lipinski definition) is 4. The van der Waals surface area contributed by atoms with Gasteiger partial charge in [-0.15, -0.1) is 0 Å². The Bertz CT molecular complexity index is 248. The number of hydrogen-bond donors (Lipinski definition) is 1. The first kappa shape index (κ1) is 20.1. The lowest BCUT2D eigenvalue weighted by atomic mass is 9.95. The van der Waals surface area contributed by atoms with Crippen LogP contribution in [-0.4, -0.2) is 42.7 Å². The van der Waals surface area contributed by atoms with Gasteiger partial charge in [0.1, 0.15) is 0 Å². The van der Waals surface area contributed by atoms with E-state index < -0.39 is 8.80 Å². The molecule has 1 fully saturated rings. The molecule has 1 aliphatic rings. The van der Waals surface area contributed by atoms with Gasteiger partial charge in [-0.1, -0.05) is 44.9 Å². The summed E-state index contributed by atoms with van der Waals surface area (Å²) in [6, 6.07) is 1.74. The molecule has 1 rings (SSSR count). The second-order valence-electron chi connectivity index (χ2n) is 6.46. The van der Waals surface area contributed by atoms with Gasteiger partial charge in [-0.05, 0) is 32.2 Å². The van der Waals surface area contributed by atoms with Crippen LogP contribution in [0.25, 0.3) is 0 Å². The van der Waals surface area contributed by atoms with Gasteiger partial charge in [-0.2, -0.15) is 0 Å². The Labute approximate surface area is 138 Å². The van der Waals surface area contributed by atoms with Gasteiger partial charge in [0.05, 0.1) is 0 Å². The molecule has 0 radical (unpaired) electrons. The minimum Gasteiger partial charge on any atom is -0.377 e. The Morgan fingerprint density at radius 2 is 1.32 bits per heavy atom. The lowest BCUT2D eigenvalue weighted by molar-refractivity contribution is 0.122. The Balaban J connectivity index is 1.88. The van der Waals surface area contributed by atoms with E-state index in [1.807, 2.05) is 0 Å². The summed E-state index contributed by atoms with van der Waals surface area (Å²) in [4.78, 5) is 0. The third kappa shape index (κ3) is 8.06. The monoisotopic (exact) mass is 331 g/mol. The molecule has 4 nitrogen and oxygen atoms in total. The maximum atomic E-state index is 5.44. The zero-order valence-electron chi connectivity index (χ0n) is 15.0. The fourth-order valence-corrected chi connectivity index (χ4v) is 5.14. The molecule has 0 atom stereocenters. The molecule has 22 heavy (non-hydrogen) atoms. The zero-order chi connectivity index (χ0) is 16.1. The summed E-state index contributed by atoms with van der Waals surface area (Å²) in [5.74, 6) is 0. The highest BCUT2D eigenvalue weighted by molar-refractivity contribution is 6.60. The van der Waals surface area contributed by atoms with E-state index in [1.165, 1.54) is 70.8 Å². The van der Waals surface area contributed by atoms with E-state index in [4.69, 9.17) is 13.3 Å². The quantitative estimate of drug-likeness (QED) is 0.407. The number of unbranched alkanes of at least 4 members (excludes halogenated alkanes) is 5. The van der Waals surface area contributed by atoms with Crippen molar-refractivity contribution in [3.8, 4) is 0 Å². The van der Waals surface area contributed by atoms with Crippen LogP contribution in [0.3, 0.4) is 0 Å². The predicted octanol–water partition coefficient (Wildman–Crippen LogP) is 4.13. The van der Waals surface area contributed by atoms with Crippen LogP contribution < -0.4 is 5.32 Å². The van der Waals surface area contributed by atoms with E-state index in [-0.39, 0.29) is 0 Å². The van der Waals surface area contributed by atoms with E-state index in [2.05, 4.69) is 5.32 Å². The van der Waals surface area contributed by atoms with Gasteiger partial charge in [0, 0.05) is 33.4 Å². The first-order valence-electron chi connectivity index (χ1n) is 9.15. The van der Waals surface area contributed by atoms with Crippen LogP contribution in [0.1, 0.15) is 70.6 Å². The number of nitrogens with one attached hydrogen (secondary N) is 1. The summed E-state index contributed by atoms with van der Waals surface area (Å²) in [6.07, 6.45) is 14.8. The van der Waals surface area contributed by atoms with E-state index in [0.717, 1.165) is 18.5 Å². The molecule has 1 aliphatic carbocycles. The normalized spacial score (nSPS) is 17.0. The van der Waals surface area contributed by atoms with Gasteiger partial charge in [-0.3, -0.25) is 0 Å². The molecule has 0 aromatic rings. The number of rotatable bonds is 13. The third-order valence-electron chi connectivity index (χ3n) is 4.88. The summed E-state index contributed by atoms with van der Waals surface area (Å²) in [6.45, 7) is 1.21. The van der Waals surface area contributed by atoms with Crippen LogP contribution in [0.2, 0.25) is 6.04 Å². The summed E-state index contributed by atoms with van der Waals surface area (Å²) < 4.78 is 16.3. The Kier molecular flexibility index (Phi) is 11.4. The fourth-order valence-electron chi connectivity index (χ4n) is 3.34. The average Bonchev–Trinajstić information content (AvgIpc) is 2.58. The van der Waals surface area contributed by atoms with E-state index in [9.17, 15) is 0 Å². The molecule has 1 saturated carbocycles. The van der Waals surface area contributed by atoms with Gasteiger partial charge in [0.15, 0.2) is 0 Å². The van der Waals surface area contributed by atoms with Gasteiger partial charge in [0.2, 0.25) is 0 Å². The average molecular weight is 332 g/mol. The molecule has 132 valence electrons. The van der Waals surface area contributed by atoms with Crippen molar-refractivity contribution >= 4 is 8.80 Å². The smallest absolute Gasteiger partial charge is 0.377 e. The highest BCUT2D eigenvalue weighted by Crippen LogP contribution is 2.19. The van der Waals surface area contributed by atoms with E-state index in [1.54, 1.807) is 21.3 Å². The van der Waals surface area contributed by atoms with Crippen LogP contribution in [0.4, 0.5) is 0 Å². The van der Waals surface area contributed by atoms with Crippen LogP contribution in [0.15, 0.2) is 0 Å². The summed E-state index contributed by atoms with van der Waals surface area (Å²) in [5, 5.41) is 3.72. The van der Waals surface area contributed by atoms with Crippen molar-refractivity contribution < 1.29 is 13.3 Å². The van der Waals surface area contributed by atoms with Crippen LogP contribution >= 0.6 is 0 Å². The molecule has 0 unspecified atom stereocenters. The van der Waals surface area contributed by atoms with Crippen LogP contribution in [0, 0.1) is 0 Å². The molecule has 0 aromatic heterocycles. The fraction of sp³-hybridized carbons (Fsp3) is 1.00. The second-order valence-corrected chi connectivity index (χ2v) is 9.55. The molecule has 0 amide bonds. The molecule has 0 aromatic carbocycles. The van der Waals surface area contributed by atoms with E-state index >= 15 is 0 Å². The van der Waals surface area contributed by atoms with Crippen molar-refractivity contribution in [2.45, 2.75) is 82.7 Å². The van der Waals surface area contributed by atoms with Crippen molar-refractivity contribution in [3.05, 3.63) is 0 Å². The maximum absolute atomic E-state index is 5.44. The topological polar surface area (TPSA) is 39.7 Å². The predicted molar refractivity (Wildman–Crippen MR) is 94.2 cm³/mol. The summed E-state index contributed by atoms with van der Waals surface area (Å²) >= 11 is 0. The van der Waals surface area contributed by atoms with E-state index in [0.29, 0.717) is 0 Å². The first-order chi connectivity index (χ1) is 10.8. The molecule has 5 heteroatoms. The van der Waals surface area contributed by atoms with Crippen molar-refractivity contribution in [3.63, 3.8) is 0 Å². The zero-order valence-corrected chi connectivity index (χ0v) is 16.0. The first-order valence-corrected chi connectivity index (χ1v) is 11.1. The van der Waals surface area contributed by atoms with Gasteiger partial charge in [-0.25, -0.2) is 0 Å². The molecule has 0 heterocycles. The lowest BCUT2D eigenvalue weighted by Crippen LogP contribution is -2.42. The molecular formula is C17H37NO3Si. The molecular weight excluding hydrogens is 294 g/mol.